The van der Waals surface area contributed by atoms with Crippen LogP contribution in [0.15, 0.2) is 18.2 Å². The van der Waals surface area contributed by atoms with Crippen LogP contribution in [0.2, 0.25) is 5.02 Å². The fraction of sp³-hybridized carbons (Fsp3) is 0.571. The molecule has 0 aliphatic heterocycles. The molecule has 1 aromatic rings. The van der Waals surface area contributed by atoms with Gasteiger partial charge in [-0.25, -0.2) is 0 Å². The van der Waals surface area contributed by atoms with E-state index in [0.717, 1.165) is 17.1 Å². The molecule has 0 spiro atoms. The maximum absolute atomic E-state index is 6.23. The van der Waals surface area contributed by atoms with Crippen molar-refractivity contribution in [1.82, 2.24) is 0 Å². The smallest absolute Gasteiger partial charge is 0.0471 e. The van der Waals surface area contributed by atoms with Gasteiger partial charge < -0.3 is 10.6 Å². The quantitative estimate of drug-likeness (QED) is 0.888. The molecule has 1 fully saturated rings. The molecule has 1 aromatic carbocycles. The Morgan fingerprint density at radius 1 is 1.35 bits per heavy atom. The van der Waals surface area contributed by atoms with E-state index in [-0.39, 0.29) is 0 Å². The van der Waals surface area contributed by atoms with Crippen molar-refractivity contribution in [3.8, 4) is 0 Å². The minimum Gasteiger partial charge on any atom is -0.369 e. The van der Waals surface area contributed by atoms with E-state index in [1.165, 1.54) is 31.4 Å². The van der Waals surface area contributed by atoms with Crippen molar-refractivity contribution in [3.05, 3.63) is 28.8 Å². The van der Waals surface area contributed by atoms with Crippen LogP contribution in [0.5, 0.6) is 0 Å². The monoisotopic (exact) mass is 252 g/mol. The van der Waals surface area contributed by atoms with Crippen LogP contribution in [0.25, 0.3) is 0 Å². The van der Waals surface area contributed by atoms with Crippen molar-refractivity contribution in [2.75, 3.05) is 11.4 Å². The average molecular weight is 253 g/mol. The molecule has 0 aromatic heterocycles. The minimum atomic E-state index is 0.509. The lowest BCUT2D eigenvalue weighted by Crippen LogP contribution is -2.32. The molecule has 0 bridgehead atoms. The topological polar surface area (TPSA) is 29.3 Å². The number of anilines is 1. The summed E-state index contributed by atoms with van der Waals surface area (Å²) in [5.74, 6) is 0. The summed E-state index contributed by atoms with van der Waals surface area (Å²) in [6.45, 7) is 3.76. The fourth-order valence-electron chi connectivity index (χ4n) is 2.75. The van der Waals surface area contributed by atoms with Gasteiger partial charge in [0.25, 0.3) is 0 Å². The molecule has 94 valence electrons. The Morgan fingerprint density at radius 3 is 2.59 bits per heavy atom. The van der Waals surface area contributed by atoms with E-state index in [4.69, 9.17) is 17.3 Å². The Bertz CT molecular complexity index is 372. The van der Waals surface area contributed by atoms with E-state index in [1.807, 2.05) is 0 Å². The summed E-state index contributed by atoms with van der Waals surface area (Å²) in [5.41, 5.74) is 7.90. The van der Waals surface area contributed by atoms with Crippen LogP contribution in [0.4, 0.5) is 5.69 Å². The highest BCUT2D eigenvalue weighted by Gasteiger charge is 2.21. The number of hydrogen-bond acceptors (Lipinski definition) is 2. The molecule has 1 aliphatic carbocycles. The third-order valence-electron chi connectivity index (χ3n) is 3.69. The van der Waals surface area contributed by atoms with E-state index in [1.54, 1.807) is 0 Å². The summed E-state index contributed by atoms with van der Waals surface area (Å²) in [4.78, 5) is 2.47. The van der Waals surface area contributed by atoms with Gasteiger partial charge in [-0.2, -0.15) is 0 Å². The van der Waals surface area contributed by atoms with Crippen molar-refractivity contribution in [2.24, 2.45) is 5.73 Å². The van der Waals surface area contributed by atoms with Crippen molar-refractivity contribution in [2.45, 2.75) is 45.2 Å². The lowest BCUT2D eigenvalue weighted by Gasteiger charge is -2.30. The summed E-state index contributed by atoms with van der Waals surface area (Å²) < 4.78 is 0. The summed E-state index contributed by atoms with van der Waals surface area (Å²) >= 11 is 6.23. The molecule has 0 atom stereocenters. The Balaban J connectivity index is 2.21. The van der Waals surface area contributed by atoms with E-state index in [2.05, 4.69) is 30.0 Å². The minimum absolute atomic E-state index is 0.509. The lowest BCUT2D eigenvalue weighted by atomic mass is 10.1. The van der Waals surface area contributed by atoms with E-state index < -0.39 is 0 Å². The van der Waals surface area contributed by atoms with Gasteiger partial charge in [0.05, 0.1) is 0 Å². The molecule has 2 N–H and O–H groups in total. The van der Waals surface area contributed by atoms with Gasteiger partial charge in [-0.1, -0.05) is 30.5 Å². The lowest BCUT2D eigenvalue weighted by molar-refractivity contribution is 0.620. The Hall–Kier alpha value is -0.730. The molecule has 0 radical (unpaired) electrons. The second kappa shape index (κ2) is 5.74. The second-order valence-electron chi connectivity index (χ2n) is 4.70. The van der Waals surface area contributed by atoms with Gasteiger partial charge in [-0.3, -0.25) is 0 Å². The van der Waals surface area contributed by atoms with E-state index in [0.29, 0.717) is 12.6 Å². The van der Waals surface area contributed by atoms with Gasteiger partial charge in [-0.15, -0.1) is 0 Å². The van der Waals surface area contributed by atoms with Crippen LogP contribution in [-0.4, -0.2) is 12.6 Å². The highest BCUT2D eigenvalue weighted by atomic mass is 35.5. The van der Waals surface area contributed by atoms with Crippen LogP contribution in [0.1, 0.15) is 38.2 Å². The summed E-state index contributed by atoms with van der Waals surface area (Å²) in [6, 6.07) is 6.95. The largest absolute Gasteiger partial charge is 0.369 e. The predicted octanol–water partition coefficient (Wildman–Crippen LogP) is 3.57. The zero-order valence-electron chi connectivity index (χ0n) is 10.5. The molecule has 0 heterocycles. The average Bonchev–Trinajstić information content (AvgIpc) is 2.84. The number of nitrogens with zero attached hydrogens (tertiary/aromatic N) is 1. The van der Waals surface area contributed by atoms with Gasteiger partial charge in [-0.05, 0) is 37.5 Å². The van der Waals surface area contributed by atoms with Gasteiger partial charge in [0.2, 0.25) is 0 Å². The third-order valence-corrected chi connectivity index (χ3v) is 4.05. The molecule has 2 nitrogen and oxygen atoms in total. The second-order valence-corrected chi connectivity index (χ2v) is 5.11. The number of benzene rings is 1. The first-order valence-corrected chi connectivity index (χ1v) is 6.89. The fourth-order valence-corrected chi connectivity index (χ4v) is 3.00. The van der Waals surface area contributed by atoms with Gasteiger partial charge in [0, 0.05) is 29.8 Å². The van der Waals surface area contributed by atoms with Crippen LogP contribution in [0.3, 0.4) is 0 Å². The van der Waals surface area contributed by atoms with E-state index in [9.17, 15) is 0 Å². The SMILES string of the molecule is CCN(c1ccc(CN)c(Cl)c1)C1CCCC1. The van der Waals surface area contributed by atoms with Crippen LogP contribution in [0, 0.1) is 0 Å². The number of nitrogens with two attached hydrogens (primary N) is 1. The van der Waals surface area contributed by atoms with Crippen molar-refractivity contribution in [3.63, 3.8) is 0 Å². The highest BCUT2D eigenvalue weighted by Crippen LogP contribution is 2.30. The zero-order valence-corrected chi connectivity index (χ0v) is 11.2. The van der Waals surface area contributed by atoms with Gasteiger partial charge in [0.1, 0.15) is 0 Å². The molecule has 1 aliphatic rings. The highest BCUT2D eigenvalue weighted by molar-refractivity contribution is 6.31. The molecule has 0 amide bonds. The van der Waals surface area contributed by atoms with Gasteiger partial charge in [0.15, 0.2) is 0 Å². The van der Waals surface area contributed by atoms with Crippen LogP contribution < -0.4 is 10.6 Å². The zero-order chi connectivity index (χ0) is 12.3. The predicted molar refractivity (Wildman–Crippen MR) is 74.6 cm³/mol. The Kier molecular flexibility index (Phi) is 4.30. The standard InChI is InChI=1S/C14H21ClN2/c1-2-17(12-5-3-4-6-12)13-8-7-11(10-16)14(15)9-13/h7-9,12H,2-6,10,16H2,1H3. The summed E-state index contributed by atoms with van der Waals surface area (Å²) in [6.07, 6.45) is 5.33. The molecule has 0 unspecified atom stereocenters. The van der Waals surface area contributed by atoms with Crippen LogP contribution in [-0.2, 0) is 6.54 Å². The molecule has 3 heteroatoms. The van der Waals surface area contributed by atoms with Crippen LogP contribution >= 0.6 is 11.6 Å². The molecule has 1 saturated carbocycles. The molecular weight excluding hydrogens is 232 g/mol. The Labute approximate surface area is 109 Å². The maximum Gasteiger partial charge on any atom is 0.0471 e. The first-order chi connectivity index (χ1) is 8.26. The first-order valence-electron chi connectivity index (χ1n) is 6.51. The van der Waals surface area contributed by atoms with Crippen molar-refractivity contribution in [1.29, 1.82) is 0 Å². The first kappa shape index (κ1) is 12.7. The summed E-state index contributed by atoms with van der Waals surface area (Å²) in [7, 11) is 0. The summed E-state index contributed by atoms with van der Waals surface area (Å²) in [5, 5.41) is 0.793. The molecular formula is C14H21ClN2. The Morgan fingerprint density at radius 2 is 2.06 bits per heavy atom. The van der Waals surface area contributed by atoms with Crippen molar-refractivity contribution >= 4 is 17.3 Å². The molecule has 0 saturated heterocycles. The van der Waals surface area contributed by atoms with E-state index >= 15 is 0 Å². The third kappa shape index (κ3) is 2.75. The normalized spacial score (nSPS) is 16.4. The van der Waals surface area contributed by atoms with Gasteiger partial charge >= 0.3 is 0 Å². The number of halogens is 1. The molecule has 17 heavy (non-hydrogen) atoms. The molecule has 2 rings (SSSR count). The number of rotatable bonds is 4. The number of hydrogen-bond donors (Lipinski definition) is 1. The maximum atomic E-state index is 6.23. The van der Waals surface area contributed by atoms with Crippen molar-refractivity contribution < 1.29 is 0 Å².